The van der Waals surface area contributed by atoms with Gasteiger partial charge in [-0.3, -0.25) is 4.79 Å². The van der Waals surface area contributed by atoms with Gasteiger partial charge in [-0.2, -0.15) is 0 Å². The van der Waals surface area contributed by atoms with Gasteiger partial charge in [0.2, 0.25) is 5.91 Å². The van der Waals surface area contributed by atoms with Crippen LogP contribution in [0.2, 0.25) is 0 Å². The molecule has 2 rings (SSSR count). The second kappa shape index (κ2) is 9.45. The number of benzene rings is 2. The van der Waals surface area contributed by atoms with E-state index in [1.807, 2.05) is 43.4 Å². The molecule has 0 aromatic heterocycles. The predicted molar refractivity (Wildman–Crippen MR) is 102 cm³/mol. The molecule has 0 fully saturated rings. The van der Waals surface area contributed by atoms with Crippen LogP contribution in [-0.4, -0.2) is 24.4 Å². The number of halogens is 1. The first-order chi connectivity index (χ1) is 11.0. The van der Waals surface area contributed by atoms with Crippen LogP contribution in [0, 0.1) is 0 Å². The highest BCUT2D eigenvalue weighted by molar-refractivity contribution is 5.86. The Morgan fingerprint density at radius 3 is 2.12 bits per heavy atom. The Bertz CT molecular complexity index is 614. The Kier molecular flexibility index (Phi) is 7.96. The Morgan fingerprint density at radius 2 is 1.54 bits per heavy atom. The lowest BCUT2D eigenvalue weighted by molar-refractivity contribution is -0.135. The van der Waals surface area contributed by atoms with Gasteiger partial charge in [0.15, 0.2) is 0 Å². The van der Waals surface area contributed by atoms with Crippen LogP contribution >= 0.6 is 12.4 Å². The number of nitrogens with zero attached hydrogens (tertiary/aromatic N) is 1. The zero-order valence-electron chi connectivity index (χ0n) is 14.4. The quantitative estimate of drug-likeness (QED) is 0.776. The molecule has 0 heterocycles. The van der Waals surface area contributed by atoms with Crippen LogP contribution < -0.4 is 5.73 Å². The summed E-state index contributed by atoms with van der Waals surface area (Å²) in [6.07, 6.45) is 3.08. The number of carbonyl (C=O) groups is 1. The van der Waals surface area contributed by atoms with Crippen LogP contribution in [0.1, 0.15) is 30.9 Å². The van der Waals surface area contributed by atoms with Crippen LogP contribution in [0.4, 0.5) is 0 Å². The van der Waals surface area contributed by atoms with E-state index in [-0.39, 0.29) is 18.3 Å². The van der Waals surface area contributed by atoms with E-state index in [9.17, 15) is 4.79 Å². The largest absolute Gasteiger partial charge is 0.344 e. The van der Waals surface area contributed by atoms with Gasteiger partial charge in [-0.05, 0) is 37.3 Å². The predicted octanol–water partition coefficient (Wildman–Crippen LogP) is 3.76. The summed E-state index contributed by atoms with van der Waals surface area (Å²) in [5.41, 5.74) is 7.50. The molecule has 0 saturated heterocycles. The number of likely N-dealkylation sites (N-methyl/N-ethyl adjacent to an activating group) is 1. The molecule has 0 saturated carbocycles. The van der Waals surface area contributed by atoms with Gasteiger partial charge in [0.25, 0.3) is 0 Å². The van der Waals surface area contributed by atoms with Gasteiger partial charge in [-0.1, -0.05) is 60.7 Å². The van der Waals surface area contributed by atoms with Crippen molar-refractivity contribution in [2.24, 2.45) is 5.73 Å². The standard InChI is InChI=1S/C20H26N2O.ClH/c1-20(21,18-14-7-4-8-15-18)19(23)22(2)16-10-9-13-17-11-5-3-6-12-17;/h3-8,11-12,14-15H,9-10,13,16,21H2,1-2H3;1H. The number of hydrogen-bond donors (Lipinski definition) is 1. The average molecular weight is 347 g/mol. The lowest BCUT2D eigenvalue weighted by atomic mass is 9.91. The fourth-order valence-corrected chi connectivity index (χ4v) is 2.73. The van der Waals surface area contributed by atoms with Crippen molar-refractivity contribution in [3.05, 3.63) is 71.8 Å². The maximum atomic E-state index is 12.6. The molecule has 1 amide bonds. The molecular formula is C20H27ClN2O. The highest BCUT2D eigenvalue weighted by atomic mass is 35.5. The zero-order chi connectivity index (χ0) is 16.7. The fourth-order valence-electron chi connectivity index (χ4n) is 2.73. The summed E-state index contributed by atoms with van der Waals surface area (Å²) in [5.74, 6) is -0.0385. The molecule has 1 unspecified atom stereocenters. The highest BCUT2D eigenvalue weighted by Crippen LogP contribution is 2.20. The van der Waals surface area contributed by atoms with Gasteiger partial charge in [0.05, 0.1) is 0 Å². The van der Waals surface area contributed by atoms with Crippen LogP contribution in [0.5, 0.6) is 0 Å². The third-order valence-electron chi connectivity index (χ3n) is 4.22. The van der Waals surface area contributed by atoms with E-state index in [2.05, 4.69) is 24.3 Å². The SMILES string of the molecule is CN(CCCCc1ccccc1)C(=O)C(C)(N)c1ccccc1.Cl. The molecule has 0 spiro atoms. The highest BCUT2D eigenvalue weighted by Gasteiger charge is 2.32. The fraction of sp³-hybridized carbons (Fsp3) is 0.350. The third kappa shape index (κ3) is 5.36. The minimum atomic E-state index is -0.977. The number of unbranched alkanes of at least 4 members (excludes halogenated alkanes) is 1. The number of carbonyl (C=O) groups excluding carboxylic acids is 1. The van der Waals surface area contributed by atoms with Crippen molar-refractivity contribution in [3.63, 3.8) is 0 Å². The van der Waals surface area contributed by atoms with Crippen molar-refractivity contribution < 1.29 is 4.79 Å². The maximum Gasteiger partial charge on any atom is 0.246 e. The van der Waals surface area contributed by atoms with Crippen molar-refractivity contribution in [2.45, 2.75) is 31.7 Å². The summed E-state index contributed by atoms with van der Waals surface area (Å²) < 4.78 is 0. The topological polar surface area (TPSA) is 46.3 Å². The molecule has 0 bridgehead atoms. The third-order valence-corrected chi connectivity index (χ3v) is 4.22. The summed E-state index contributed by atoms with van der Waals surface area (Å²) in [6.45, 7) is 2.51. The summed E-state index contributed by atoms with van der Waals surface area (Å²) in [6, 6.07) is 20.0. The van der Waals surface area contributed by atoms with Gasteiger partial charge in [0, 0.05) is 13.6 Å². The monoisotopic (exact) mass is 346 g/mol. The number of hydrogen-bond acceptors (Lipinski definition) is 2. The second-order valence-corrected chi connectivity index (χ2v) is 6.24. The van der Waals surface area contributed by atoms with Gasteiger partial charge < -0.3 is 10.6 Å². The minimum absolute atomic E-state index is 0. The lowest BCUT2D eigenvalue weighted by Gasteiger charge is -2.29. The van der Waals surface area contributed by atoms with E-state index in [0.717, 1.165) is 31.4 Å². The summed E-state index contributed by atoms with van der Waals surface area (Å²) in [5, 5.41) is 0. The second-order valence-electron chi connectivity index (χ2n) is 6.24. The molecule has 1 atom stereocenters. The molecule has 2 aromatic rings. The first-order valence-corrected chi connectivity index (χ1v) is 8.15. The van der Waals surface area contributed by atoms with Gasteiger partial charge in [-0.15, -0.1) is 12.4 Å². The van der Waals surface area contributed by atoms with E-state index in [1.165, 1.54) is 5.56 Å². The zero-order valence-corrected chi connectivity index (χ0v) is 15.3. The maximum absolute atomic E-state index is 12.6. The van der Waals surface area contributed by atoms with Crippen molar-refractivity contribution in [3.8, 4) is 0 Å². The molecule has 2 aromatic carbocycles. The molecule has 0 aliphatic rings. The molecule has 130 valence electrons. The van der Waals surface area contributed by atoms with Crippen LogP contribution in [-0.2, 0) is 16.8 Å². The Morgan fingerprint density at radius 1 is 1.00 bits per heavy atom. The van der Waals surface area contributed by atoms with Crippen molar-refractivity contribution in [2.75, 3.05) is 13.6 Å². The molecule has 0 radical (unpaired) electrons. The normalized spacial score (nSPS) is 12.8. The van der Waals surface area contributed by atoms with E-state index < -0.39 is 5.54 Å². The molecule has 0 aliphatic heterocycles. The van der Waals surface area contributed by atoms with E-state index in [4.69, 9.17) is 5.73 Å². The minimum Gasteiger partial charge on any atom is -0.344 e. The van der Waals surface area contributed by atoms with E-state index in [1.54, 1.807) is 11.8 Å². The van der Waals surface area contributed by atoms with Crippen LogP contribution in [0.3, 0.4) is 0 Å². The van der Waals surface area contributed by atoms with Gasteiger partial charge in [-0.25, -0.2) is 0 Å². The molecule has 24 heavy (non-hydrogen) atoms. The average Bonchev–Trinajstić information content (AvgIpc) is 2.59. The number of aryl methyl sites for hydroxylation is 1. The first kappa shape index (κ1) is 20.2. The lowest BCUT2D eigenvalue weighted by Crippen LogP contribution is -2.49. The van der Waals surface area contributed by atoms with Crippen molar-refractivity contribution >= 4 is 18.3 Å². The molecular weight excluding hydrogens is 320 g/mol. The Hall–Kier alpha value is -1.84. The number of nitrogens with two attached hydrogens (primary N) is 1. The molecule has 2 N–H and O–H groups in total. The number of amides is 1. The summed E-state index contributed by atoms with van der Waals surface area (Å²) in [7, 11) is 1.83. The Balaban J connectivity index is 0.00000288. The van der Waals surface area contributed by atoms with E-state index in [0.29, 0.717) is 0 Å². The summed E-state index contributed by atoms with van der Waals surface area (Å²) in [4.78, 5) is 14.4. The summed E-state index contributed by atoms with van der Waals surface area (Å²) >= 11 is 0. The van der Waals surface area contributed by atoms with Crippen LogP contribution in [0.15, 0.2) is 60.7 Å². The van der Waals surface area contributed by atoms with Crippen molar-refractivity contribution in [1.29, 1.82) is 0 Å². The smallest absolute Gasteiger partial charge is 0.246 e. The number of rotatable bonds is 7. The van der Waals surface area contributed by atoms with Gasteiger partial charge >= 0.3 is 0 Å². The molecule has 0 aliphatic carbocycles. The first-order valence-electron chi connectivity index (χ1n) is 8.15. The van der Waals surface area contributed by atoms with E-state index >= 15 is 0 Å². The van der Waals surface area contributed by atoms with Crippen molar-refractivity contribution in [1.82, 2.24) is 4.90 Å². The molecule has 4 heteroatoms. The van der Waals surface area contributed by atoms with Crippen LogP contribution in [0.25, 0.3) is 0 Å². The Labute approximate surface area is 151 Å². The van der Waals surface area contributed by atoms with Gasteiger partial charge in [0.1, 0.15) is 5.54 Å². The molecule has 3 nitrogen and oxygen atoms in total.